The molecule has 0 atom stereocenters. The number of rotatable bonds is 7. The number of benzene rings is 5. The molecule has 3 nitrogen and oxygen atoms in total. The second-order valence-electron chi connectivity index (χ2n) is 14.6. The van der Waals surface area contributed by atoms with E-state index in [0.29, 0.717) is 0 Å². The fourth-order valence-corrected chi connectivity index (χ4v) is 8.44. The molecular formula is C51H41NO2. The van der Waals surface area contributed by atoms with Gasteiger partial charge in [0.2, 0.25) is 0 Å². The molecule has 0 fully saturated rings. The van der Waals surface area contributed by atoms with Gasteiger partial charge in [0.15, 0.2) is 0 Å². The van der Waals surface area contributed by atoms with E-state index in [1.54, 1.807) is 0 Å². The zero-order valence-corrected chi connectivity index (χ0v) is 30.9. The van der Waals surface area contributed by atoms with Crippen molar-refractivity contribution >= 4 is 85.5 Å². The molecule has 0 bridgehead atoms. The average molecular weight is 700 g/mol. The lowest BCUT2D eigenvalue weighted by Crippen LogP contribution is -2.29. The van der Waals surface area contributed by atoms with Gasteiger partial charge in [-0.05, 0) is 95.3 Å². The Hall–Kier alpha value is -6.58. The van der Waals surface area contributed by atoms with Gasteiger partial charge in [-0.15, -0.1) is 0 Å². The third kappa shape index (κ3) is 5.27. The predicted octanol–water partition coefficient (Wildman–Crippen LogP) is 12.3. The highest BCUT2D eigenvalue weighted by atomic mass is 16.3. The van der Waals surface area contributed by atoms with Crippen LogP contribution in [0.4, 0.5) is 0 Å². The number of aromatic nitrogens is 1. The number of fused-ring (bicyclic) bond motifs is 7. The lowest BCUT2D eigenvalue weighted by Gasteiger charge is -2.22. The van der Waals surface area contributed by atoms with E-state index in [4.69, 9.17) is 15.4 Å². The minimum absolute atomic E-state index is 0.211. The topological polar surface area (TPSA) is 31.2 Å². The summed E-state index contributed by atoms with van der Waals surface area (Å²) in [5.74, 6) is 0. The van der Waals surface area contributed by atoms with Crippen LogP contribution < -0.4 is 10.6 Å². The largest absolute Gasteiger partial charge is 0.456 e. The van der Waals surface area contributed by atoms with Crippen LogP contribution in [0.25, 0.3) is 85.5 Å². The highest BCUT2D eigenvalue weighted by molar-refractivity contribution is 6.06. The Balaban J connectivity index is 1.20. The van der Waals surface area contributed by atoms with Crippen molar-refractivity contribution in [3.8, 4) is 0 Å². The maximum atomic E-state index is 6.14. The van der Waals surface area contributed by atoms with Crippen LogP contribution in [0.5, 0.6) is 0 Å². The molecule has 3 aromatic heterocycles. The van der Waals surface area contributed by atoms with Crippen molar-refractivity contribution in [1.29, 1.82) is 0 Å². The lowest BCUT2D eigenvalue weighted by atomic mass is 9.82. The third-order valence-corrected chi connectivity index (χ3v) is 11.1. The van der Waals surface area contributed by atoms with Crippen LogP contribution >= 0.6 is 0 Å². The van der Waals surface area contributed by atoms with Gasteiger partial charge >= 0.3 is 0 Å². The summed E-state index contributed by atoms with van der Waals surface area (Å²) in [6.45, 7) is 20.2. The van der Waals surface area contributed by atoms with Gasteiger partial charge in [-0.3, -0.25) is 0 Å². The van der Waals surface area contributed by atoms with Crippen molar-refractivity contribution in [2.24, 2.45) is 0 Å². The summed E-state index contributed by atoms with van der Waals surface area (Å²) in [5.41, 5.74) is 13.3. The molecule has 1 aliphatic rings. The molecule has 1 aliphatic carbocycles. The van der Waals surface area contributed by atoms with Crippen molar-refractivity contribution in [3.05, 3.63) is 185 Å². The fourth-order valence-electron chi connectivity index (χ4n) is 8.44. The fraction of sp³-hybridized carbons (Fsp3) is 0.0980. The maximum absolute atomic E-state index is 6.14. The van der Waals surface area contributed by atoms with Crippen LogP contribution in [0.15, 0.2) is 149 Å². The number of hydrogen-bond donors (Lipinski definition) is 0. The monoisotopic (exact) mass is 699 g/mol. The molecule has 262 valence electrons. The normalized spacial score (nSPS) is 15.5. The van der Waals surface area contributed by atoms with Gasteiger partial charge in [0.05, 0.1) is 5.69 Å². The molecule has 0 amide bonds. The summed E-state index contributed by atoms with van der Waals surface area (Å²) in [6, 6.07) is 37.9. The van der Waals surface area contributed by atoms with E-state index in [1.807, 2.05) is 30.3 Å². The second kappa shape index (κ2) is 12.8. The van der Waals surface area contributed by atoms with Crippen molar-refractivity contribution in [1.82, 2.24) is 4.57 Å². The molecule has 0 radical (unpaired) electrons. The zero-order valence-electron chi connectivity index (χ0n) is 30.9. The molecule has 0 saturated carbocycles. The van der Waals surface area contributed by atoms with Gasteiger partial charge in [0, 0.05) is 48.8 Å². The van der Waals surface area contributed by atoms with Crippen molar-refractivity contribution < 1.29 is 8.83 Å². The van der Waals surface area contributed by atoms with E-state index in [1.165, 1.54) is 22.3 Å². The van der Waals surface area contributed by atoms with Gasteiger partial charge in [-0.25, -0.2) is 0 Å². The van der Waals surface area contributed by atoms with Crippen LogP contribution in [0.3, 0.4) is 0 Å². The van der Waals surface area contributed by atoms with E-state index < -0.39 is 0 Å². The molecule has 0 unspecified atom stereocenters. The minimum atomic E-state index is -0.211. The van der Waals surface area contributed by atoms with E-state index in [-0.39, 0.29) is 5.41 Å². The highest BCUT2D eigenvalue weighted by Gasteiger charge is 2.37. The first kappa shape index (κ1) is 33.3. The predicted molar refractivity (Wildman–Crippen MR) is 230 cm³/mol. The lowest BCUT2D eigenvalue weighted by molar-refractivity contribution is 0.660. The molecule has 0 N–H and O–H groups in total. The second-order valence-corrected chi connectivity index (χ2v) is 14.6. The molecule has 8 aromatic rings. The van der Waals surface area contributed by atoms with Crippen LogP contribution in [0.2, 0.25) is 0 Å². The Bertz CT molecular complexity index is 3060. The van der Waals surface area contributed by atoms with Gasteiger partial charge in [-0.2, -0.15) is 0 Å². The van der Waals surface area contributed by atoms with Gasteiger partial charge in [0.25, 0.3) is 0 Å². The van der Waals surface area contributed by atoms with Crippen molar-refractivity contribution in [2.75, 3.05) is 0 Å². The van der Waals surface area contributed by atoms with E-state index in [9.17, 15) is 0 Å². The Morgan fingerprint density at radius 3 is 2.06 bits per heavy atom. The van der Waals surface area contributed by atoms with E-state index >= 15 is 0 Å². The Labute approximate surface area is 315 Å². The molecule has 3 heteroatoms. The molecule has 0 saturated heterocycles. The van der Waals surface area contributed by atoms with Gasteiger partial charge in [-0.1, -0.05) is 131 Å². The Morgan fingerprint density at radius 1 is 0.741 bits per heavy atom. The summed E-state index contributed by atoms with van der Waals surface area (Å²) in [4.78, 5) is 0. The molecule has 0 spiro atoms. The van der Waals surface area contributed by atoms with E-state index in [2.05, 4.69) is 154 Å². The first-order valence-electron chi connectivity index (χ1n) is 18.5. The number of para-hydroxylation sites is 2. The molecular weight excluding hydrogens is 659 g/mol. The Morgan fingerprint density at radius 2 is 1.37 bits per heavy atom. The maximum Gasteiger partial charge on any atom is 0.135 e. The first-order chi connectivity index (χ1) is 26.3. The van der Waals surface area contributed by atoms with Gasteiger partial charge < -0.3 is 13.4 Å². The van der Waals surface area contributed by atoms with Crippen LogP contribution in [-0.2, 0) is 11.8 Å². The van der Waals surface area contributed by atoms with E-state index in [0.717, 1.165) is 89.0 Å². The molecule has 9 rings (SSSR count). The SMILES string of the molecule is C=Cc1c(/C=C/c2ccc3oc4ccccc4c3c2)c(=C/Cc2ccc3oc4ccccc4c3c2)/c(=C\C)n1C(=C)/C=C1\C(=C)c2ccccc2C1(C)C. The summed E-state index contributed by atoms with van der Waals surface area (Å²) in [6.07, 6.45) is 13.8. The number of furan rings is 2. The van der Waals surface area contributed by atoms with Crippen molar-refractivity contribution in [3.63, 3.8) is 0 Å². The number of hydrogen-bond acceptors (Lipinski definition) is 2. The smallest absolute Gasteiger partial charge is 0.135 e. The third-order valence-electron chi connectivity index (χ3n) is 11.1. The minimum Gasteiger partial charge on any atom is -0.456 e. The summed E-state index contributed by atoms with van der Waals surface area (Å²) < 4.78 is 14.5. The Kier molecular flexibility index (Phi) is 7.90. The van der Waals surface area contributed by atoms with Crippen LogP contribution in [0, 0.1) is 0 Å². The quantitative estimate of drug-likeness (QED) is 0.166. The van der Waals surface area contributed by atoms with Crippen LogP contribution in [0.1, 0.15) is 54.3 Å². The highest BCUT2D eigenvalue weighted by Crippen LogP contribution is 2.49. The molecule has 3 heterocycles. The molecule has 0 aliphatic heterocycles. The van der Waals surface area contributed by atoms with Crippen LogP contribution in [-0.4, -0.2) is 4.57 Å². The standard InChI is InChI=1S/C51H41NO2/c1-7-45-37(25-21-34-23-27-49-41(30-34)39-16-10-13-19-47(39)53-49)38(26-22-35-24-28-50-42(31-35)40-17-11-14-20-48(40)54-50)46(8-2)52(45)32(3)29-44-33(4)36-15-9-12-18-43(36)51(44,5)6/h7-21,23-31H,1,3-4,22H2,2,5-6H3/b25-21+,38-26-,44-29+,46-8+. The molecule has 5 aromatic carbocycles. The summed E-state index contributed by atoms with van der Waals surface area (Å²) in [7, 11) is 0. The van der Waals surface area contributed by atoms with Gasteiger partial charge in [0.1, 0.15) is 22.3 Å². The zero-order chi connectivity index (χ0) is 37.1. The number of allylic oxidation sites excluding steroid dienone is 4. The summed E-state index contributed by atoms with van der Waals surface area (Å²) >= 11 is 0. The molecule has 54 heavy (non-hydrogen) atoms. The van der Waals surface area contributed by atoms with Crippen molar-refractivity contribution in [2.45, 2.75) is 32.6 Å². The summed E-state index contributed by atoms with van der Waals surface area (Å²) in [5, 5.41) is 6.67. The average Bonchev–Trinajstić information content (AvgIpc) is 3.90. The number of nitrogens with zero attached hydrogens (tertiary/aromatic N) is 1. The first-order valence-corrected chi connectivity index (χ1v) is 18.5.